The van der Waals surface area contributed by atoms with Crippen LogP contribution in [0, 0.1) is 0 Å². The SMILES string of the molecule is COc1cc(Br)cc(/C=N/Nc2nc(=O)[nH]nc2C(C)(C)C)c1O. The molecule has 0 aliphatic carbocycles. The number of nitrogens with zero attached hydrogens (tertiary/aromatic N) is 3. The number of methoxy groups -OCH3 is 1. The second-order valence-electron chi connectivity index (χ2n) is 6.00. The third-order valence-corrected chi connectivity index (χ3v) is 3.53. The maximum absolute atomic E-state index is 11.4. The third-order valence-electron chi connectivity index (χ3n) is 3.07. The number of hydrogen-bond acceptors (Lipinski definition) is 7. The molecule has 3 N–H and O–H groups in total. The number of ether oxygens (including phenoxy) is 1. The fourth-order valence-electron chi connectivity index (χ4n) is 1.95. The lowest BCUT2D eigenvalue weighted by Crippen LogP contribution is -2.24. The van der Waals surface area contributed by atoms with E-state index in [2.05, 4.69) is 41.6 Å². The van der Waals surface area contributed by atoms with Gasteiger partial charge in [-0.3, -0.25) is 5.43 Å². The lowest BCUT2D eigenvalue weighted by atomic mass is 9.92. The summed E-state index contributed by atoms with van der Waals surface area (Å²) in [5.74, 6) is 0.528. The Bertz CT molecular complexity index is 827. The van der Waals surface area contributed by atoms with Crippen molar-refractivity contribution in [3.8, 4) is 11.5 Å². The molecule has 0 aliphatic heterocycles. The van der Waals surface area contributed by atoms with E-state index in [1.54, 1.807) is 12.1 Å². The van der Waals surface area contributed by atoms with E-state index in [1.807, 2.05) is 20.8 Å². The van der Waals surface area contributed by atoms with Crippen LogP contribution in [0.3, 0.4) is 0 Å². The topological polar surface area (TPSA) is 112 Å². The molecule has 128 valence electrons. The Balaban J connectivity index is 2.32. The molecule has 2 rings (SSSR count). The zero-order chi connectivity index (χ0) is 17.9. The van der Waals surface area contributed by atoms with Gasteiger partial charge in [-0.2, -0.15) is 15.2 Å². The minimum absolute atomic E-state index is 0.0423. The monoisotopic (exact) mass is 395 g/mol. The highest BCUT2D eigenvalue weighted by atomic mass is 79.9. The fourth-order valence-corrected chi connectivity index (χ4v) is 2.40. The molecule has 0 amide bonds. The van der Waals surface area contributed by atoms with Crippen LogP contribution in [-0.2, 0) is 5.41 Å². The number of H-pyrrole nitrogens is 1. The second kappa shape index (κ2) is 7.00. The summed E-state index contributed by atoms with van der Waals surface area (Å²) in [6.45, 7) is 5.82. The Labute approximate surface area is 147 Å². The molecule has 1 aromatic carbocycles. The zero-order valence-corrected chi connectivity index (χ0v) is 15.3. The zero-order valence-electron chi connectivity index (χ0n) is 13.7. The van der Waals surface area contributed by atoms with E-state index in [1.165, 1.54) is 13.3 Å². The lowest BCUT2D eigenvalue weighted by molar-refractivity contribution is 0.373. The third kappa shape index (κ3) is 4.10. The molecule has 0 radical (unpaired) electrons. The summed E-state index contributed by atoms with van der Waals surface area (Å²) in [4.78, 5) is 15.3. The van der Waals surface area contributed by atoms with Crippen molar-refractivity contribution in [2.24, 2.45) is 5.10 Å². The normalized spacial score (nSPS) is 11.7. The Morgan fingerprint density at radius 1 is 1.42 bits per heavy atom. The van der Waals surface area contributed by atoms with Gasteiger partial charge in [0.1, 0.15) is 5.69 Å². The number of hydrazone groups is 1. The number of rotatable bonds is 4. The molecular formula is C15H18BrN5O3. The molecule has 0 spiro atoms. The van der Waals surface area contributed by atoms with Gasteiger partial charge in [-0.25, -0.2) is 9.89 Å². The molecule has 1 aromatic heterocycles. The number of phenolic OH excluding ortho intramolecular Hbond substituents is 1. The molecule has 0 atom stereocenters. The van der Waals surface area contributed by atoms with E-state index in [9.17, 15) is 9.90 Å². The van der Waals surface area contributed by atoms with Crippen LogP contribution in [0.5, 0.6) is 11.5 Å². The van der Waals surface area contributed by atoms with Crippen molar-refractivity contribution in [1.29, 1.82) is 0 Å². The molecule has 0 saturated heterocycles. The molecule has 0 unspecified atom stereocenters. The van der Waals surface area contributed by atoms with Gasteiger partial charge in [0.2, 0.25) is 0 Å². The number of aromatic amines is 1. The molecule has 8 nitrogen and oxygen atoms in total. The molecule has 0 bridgehead atoms. The van der Waals surface area contributed by atoms with Gasteiger partial charge >= 0.3 is 5.69 Å². The van der Waals surface area contributed by atoms with Crippen molar-refractivity contribution in [2.45, 2.75) is 26.2 Å². The highest BCUT2D eigenvalue weighted by Crippen LogP contribution is 2.32. The molecular weight excluding hydrogens is 378 g/mol. The van der Waals surface area contributed by atoms with Gasteiger partial charge in [0.05, 0.1) is 13.3 Å². The largest absolute Gasteiger partial charge is 0.504 e. The van der Waals surface area contributed by atoms with E-state index in [-0.39, 0.29) is 17.0 Å². The van der Waals surface area contributed by atoms with Crippen LogP contribution < -0.4 is 15.9 Å². The number of halogens is 1. The van der Waals surface area contributed by atoms with Crippen molar-refractivity contribution in [2.75, 3.05) is 12.5 Å². The molecule has 0 saturated carbocycles. The van der Waals surface area contributed by atoms with E-state index < -0.39 is 5.69 Å². The maximum atomic E-state index is 11.4. The van der Waals surface area contributed by atoms with Crippen LogP contribution in [0.2, 0.25) is 0 Å². The first-order valence-corrected chi connectivity index (χ1v) is 7.84. The number of hydrogen-bond donors (Lipinski definition) is 3. The Morgan fingerprint density at radius 3 is 2.75 bits per heavy atom. The Kier molecular flexibility index (Phi) is 5.23. The maximum Gasteiger partial charge on any atom is 0.363 e. The van der Waals surface area contributed by atoms with Crippen LogP contribution in [0.15, 0.2) is 26.5 Å². The predicted octanol–water partition coefficient (Wildman–Crippen LogP) is 2.39. The summed E-state index contributed by atoms with van der Waals surface area (Å²) in [5, 5.41) is 20.5. The van der Waals surface area contributed by atoms with E-state index in [0.717, 1.165) is 4.47 Å². The summed E-state index contributed by atoms with van der Waals surface area (Å²) in [6, 6.07) is 3.32. The Morgan fingerprint density at radius 2 is 2.12 bits per heavy atom. The molecule has 24 heavy (non-hydrogen) atoms. The van der Waals surface area contributed by atoms with Crippen LogP contribution in [-0.4, -0.2) is 33.6 Å². The highest BCUT2D eigenvalue weighted by Gasteiger charge is 2.21. The highest BCUT2D eigenvalue weighted by molar-refractivity contribution is 9.10. The number of aromatic hydroxyl groups is 1. The van der Waals surface area contributed by atoms with Gasteiger partial charge in [-0.15, -0.1) is 0 Å². The molecule has 1 heterocycles. The summed E-state index contributed by atoms with van der Waals surface area (Å²) in [5.41, 5.74) is 2.79. The van der Waals surface area contributed by atoms with Gasteiger partial charge in [-0.05, 0) is 12.1 Å². The molecule has 2 aromatic rings. The average molecular weight is 396 g/mol. The quantitative estimate of drug-likeness (QED) is 0.541. The van der Waals surface area contributed by atoms with Gasteiger partial charge in [0.25, 0.3) is 0 Å². The number of anilines is 1. The van der Waals surface area contributed by atoms with Crippen LogP contribution in [0.25, 0.3) is 0 Å². The van der Waals surface area contributed by atoms with E-state index in [4.69, 9.17) is 4.74 Å². The summed E-state index contributed by atoms with van der Waals surface area (Å²) >= 11 is 3.33. The number of phenols is 1. The van der Waals surface area contributed by atoms with Crippen molar-refractivity contribution in [3.63, 3.8) is 0 Å². The van der Waals surface area contributed by atoms with Crippen molar-refractivity contribution >= 4 is 28.0 Å². The first-order valence-electron chi connectivity index (χ1n) is 7.05. The number of benzene rings is 1. The lowest BCUT2D eigenvalue weighted by Gasteiger charge is -2.18. The standard InChI is InChI=1S/C15H18BrN5O3/c1-15(2,3)12-13(18-14(23)21-19-12)20-17-7-8-5-9(16)6-10(24-4)11(8)22/h5-7,22H,1-4H3,(H2,18,20,21,23)/b17-7+. The minimum atomic E-state index is -0.576. The summed E-state index contributed by atoms with van der Waals surface area (Å²) in [7, 11) is 1.46. The van der Waals surface area contributed by atoms with Crippen molar-refractivity contribution < 1.29 is 9.84 Å². The first-order chi connectivity index (χ1) is 11.2. The van der Waals surface area contributed by atoms with Crippen LogP contribution in [0.1, 0.15) is 32.0 Å². The Hall–Kier alpha value is -2.42. The smallest absolute Gasteiger partial charge is 0.363 e. The van der Waals surface area contributed by atoms with Gasteiger partial charge in [0.15, 0.2) is 17.3 Å². The van der Waals surface area contributed by atoms with Crippen LogP contribution >= 0.6 is 15.9 Å². The fraction of sp³-hybridized carbons (Fsp3) is 0.333. The van der Waals surface area contributed by atoms with Crippen molar-refractivity contribution in [1.82, 2.24) is 15.2 Å². The molecule has 9 heteroatoms. The number of aromatic nitrogens is 3. The van der Waals surface area contributed by atoms with Crippen LogP contribution in [0.4, 0.5) is 5.82 Å². The summed E-state index contributed by atoms with van der Waals surface area (Å²) < 4.78 is 5.81. The van der Waals surface area contributed by atoms with E-state index in [0.29, 0.717) is 17.0 Å². The summed E-state index contributed by atoms with van der Waals surface area (Å²) in [6.07, 6.45) is 1.40. The first kappa shape index (κ1) is 17.9. The predicted molar refractivity (Wildman–Crippen MR) is 94.9 cm³/mol. The van der Waals surface area contributed by atoms with Crippen molar-refractivity contribution in [3.05, 3.63) is 38.3 Å². The molecule has 0 fully saturated rings. The second-order valence-corrected chi connectivity index (χ2v) is 6.92. The van der Waals surface area contributed by atoms with Gasteiger partial charge in [-0.1, -0.05) is 36.7 Å². The molecule has 0 aliphatic rings. The number of nitrogens with one attached hydrogen (secondary N) is 2. The minimum Gasteiger partial charge on any atom is -0.504 e. The van der Waals surface area contributed by atoms with E-state index >= 15 is 0 Å². The average Bonchev–Trinajstić information content (AvgIpc) is 2.49. The van der Waals surface area contributed by atoms with Gasteiger partial charge < -0.3 is 9.84 Å². The van der Waals surface area contributed by atoms with Gasteiger partial charge in [0, 0.05) is 15.5 Å².